The van der Waals surface area contributed by atoms with Gasteiger partial charge < -0.3 is 0 Å². The second kappa shape index (κ2) is 5.53. The SMILES string of the molecule is C/C=C/c1ccc2[nH]nc(/C=C/c3cccnc3)c2c1. The molecule has 20 heavy (non-hydrogen) atoms. The molecule has 0 spiro atoms. The smallest absolute Gasteiger partial charge is 0.0927 e. The van der Waals surface area contributed by atoms with Gasteiger partial charge in [-0.2, -0.15) is 5.10 Å². The van der Waals surface area contributed by atoms with Crippen molar-refractivity contribution >= 4 is 29.1 Å². The topological polar surface area (TPSA) is 41.6 Å². The molecule has 0 amide bonds. The number of nitrogens with one attached hydrogen (secondary N) is 1. The van der Waals surface area contributed by atoms with E-state index in [1.165, 1.54) is 5.56 Å². The molecule has 0 fully saturated rings. The molecule has 0 saturated carbocycles. The van der Waals surface area contributed by atoms with Crippen LogP contribution in [0.25, 0.3) is 29.1 Å². The molecule has 1 aromatic carbocycles. The van der Waals surface area contributed by atoms with Crippen LogP contribution in [-0.2, 0) is 0 Å². The molecule has 0 unspecified atom stereocenters. The minimum absolute atomic E-state index is 0.940. The van der Waals surface area contributed by atoms with Gasteiger partial charge in [0.25, 0.3) is 0 Å². The van der Waals surface area contributed by atoms with Crippen LogP contribution in [0.15, 0.2) is 48.8 Å². The van der Waals surface area contributed by atoms with Gasteiger partial charge in [0, 0.05) is 17.8 Å². The van der Waals surface area contributed by atoms with Gasteiger partial charge in [0.05, 0.1) is 11.2 Å². The summed E-state index contributed by atoms with van der Waals surface area (Å²) < 4.78 is 0. The van der Waals surface area contributed by atoms with Crippen molar-refractivity contribution in [1.82, 2.24) is 15.2 Å². The first-order chi connectivity index (χ1) is 9.86. The zero-order valence-corrected chi connectivity index (χ0v) is 11.2. The third-order valence-electron chi connectivity index (χ3n) is 3.09. The molecule has 0 atom stereocenters. The molecule has 3 nitrogen and oxygen atoms in total. The summed E-state index contributed by atoms with van der Waals surface area (Å²) in [7, 11) is 0. The van der Waals surface area contributed by atoms with E-state index in [2.05, 4.69) is 39.5 Å². The lowest BCUT2D eigenvalue weighted by Gasteiger charge is -1.95. The van der Waals surface area contributed by atoms with Gasteiger partial charge in [-0.1, -0.05) is 30.4 Å². The molecule has 2 aromatic heterocycles. The minimum atomic E-state index is 0.940. The number of aromatic nitrogens is 3. The van der Waals surface area contributed by atoms with Crippen LogP contribution in [0, 0.1) is 0 Å². The molecule has 0 aliphatic heterocycles. The molecule has 0 bridgehead atoms. The number of fused-ring (bicyclic) bond motifs is 1. The Morgan fingerprint density at radius 2 is 2.00 bits per heavy atom. The van der Waals surface area contributed by atoms with Crippen molar-refractivity contribution in [2.45, 2.75) is 6.92 Å². The van der Waals surface area contributed by atoms with Crippen molar-refractivity contribution in [1.29, 1.82) is 0 Å². The average molecular weight is 261 g/mol. The van der Waals surface area contributed by atoms with Crippen LogP contribution in [0.3, 0.4) is 0 Å². The van der Waals surface area contributed by atoms with Gasteiger partial charge in [-0.05, 0) is 42.3 Å². The molecule has 3 heteroatoms. The van der Waals surface area contributed by atoms with Crippen molar-refractivity contribution in [3.05, 3.63) is 65.6 Å². The molecular formula is C17H15N3. The Labute approximate surface area is 117 Å². The number of nitrogens with zero attached hydrogens (tertiary/aromatic N) is 2. The lowest BCUT2D eigenvalue weighted by molar-refractivity contribution is 1.11. The normalized spacial score (nSPS) is 11.8. The molecule has 1 N–H and O–H groups in total. The number of hydrogen-bond acceptors (Lipinski definition) is 2. The van der Waals surface area contributed by atoms with Crippen LogP contribution in [0.2, 0.25) is 0 Å². The van der Waals surface area contributed by atoms with Crippen molar-refractivity contribution < 1.29 is 0 Å². The molecule has 3 rings (SSSR count). The largest absolute Gasteiger partial charge is 0.277 e. The summed E-state index contributed by atoms with van der Waals surface area (Å²) in [4.78, 5) is 4.10. The monoisotopic (exact) mass is 261 g/mol. The summed E-state index contributed by atoms with van der Waals surface area (Å²) in [6.45, 7) is 2.02. The van der Waals surface area contributed by atoms with Crippen LogP contribution in [0.1, 0.15) is 23.7 Å². The minimum Gasteiger partial charge on any atom is -0.277 e. The van der Waals surface area contributed by atoms with Crippen molar-refractivity contribution in [2.75, 3.05) is 0 Å². The van der Waals surface area contributed by atoms with Crippen molar-refractivity contribution in [3.63, 3.8) is 0 Å². The number of allylic oxidation sites excluding steroid dienone is 1. The van der Waals surface area contributed by atoms with Gasteiger partial charge in [-0.15, -0.1) is 0 Å². The summed E-state index contributed by atoms with van der Waals surface area (Å²) in [5.74, 6) is 0. The van der Waals surface area contributed by atoms with Crippen LogP contribution < -0.4 is 0 Å². The maximum Gasteiger partial charge on any atom is 0.0927 e. The van der Waals surface area contributed by atoms with Gasteiger partial charge in [0.2, 0.25) is 0 Å². The second-order valence-electron chi connectivity index (χ2n) is 4.53. The summed E-state index contributed by atoms with van der Waals surface area (Å²) in [6, 6.07) is 10.2. The molecule has 2 heterocycles. The first-order valence-corrected chi connectivity index (χ1v) is 6.56. The fraction of sp³-hybridized carbons (Fsp3) is 0.0588. The van der Waals surface area contributed by atoms with Gasteiger partial charge >= 0.3 is 0 Å². The lowest BCUT2D eigenvalue weighted by atomic mass is 10.1. The van der Waals surface area contributed by atoms with Gasteiger partial charge in [0.1, 0.15) is 0 Å². The van der Waals surface area contributed by atoms with Gasteiger partial charge in [-0.25, -0.2) is 0 Å². The Morgan fingerprint density at radius 1 is 1.05 bits per heavy atom. The third kappa shape index (κ3) is 2.52. The van der Waals surface area contributed by atoms with Crippen molar-refractivity contribution in [3.8, 4) is 0 Å². The van der Waals surface area contributed by atoms with E-state index in [0.29, 0.717) is 0 Å². The Morgan fingerprint density at radius 3 is 2.80 bits per heavy atom. The Kier molecular flexibility index (Phi) is 3.42. The molecule has 3 aromatic rings. The van der Waals surface area contributed by atoms with Crippen LogP contribution >= 0.6 is 0 Å². The Hall–Kier alpha value is -2.68. The van der Waals surface area contributed by atoms with E-state index in [1.54, 1.807) is 6.20 Å². The van der Waals surface area contributed by atoms with Gasteiger partial charge in [-0.3, -0.25) is 10.1 Å². The fourth-order valence-electron chi connectivity index (χ4n) is 2.12. The second-order valence-corrected chi connectivity index (χ2v) is 4.53. The molecule has 0 aliphatic rings. The van der Waals surface area contributed by atoms with Crippen LogP contribution in [0.5, 0.6) is 0 Å². The van der Waals surface area contributed by atoms with Gasteiger partial charge in [0.15, 0.2) is 0 Å². The predicted octanol–water partition coefficient (Wildman–Crippen LogP) is 4.16. The zero-order chi connectivity index (χ0) is 13.8. The van der Waals surface area contributed by atoms with E-state index in [1.807, 2.05) is 43.5 Å². The maximum atomic E-state index is 4.36. The lowest BCUT2D eigenvalue weighted by Crippen LogP contribution is -1.76. The van der Waals surface area contributed by atoms with E-state index in [9.17, 15) is 0 Å². The Bertz CT molecular complexity index is 767. The molecular weight excluding hydrogens is 246 g/mol. The summed E-state index contributed by atoms with van der Waals surface area (Å²) in [5.41, 5.74) is 4.23. The number of aromatic amines is 1. The predicted molar refractivity (Wildman–Crippen MR) is 84.0 cm³/mol. The zero-order valence-electron chi connectivity index (χ0n) is 11.2. The number of hydrogen-bond donors (Lipinski definition) is 1. The first kappa shape index (κ1) is 12.4. The number of H-pyrrole nitrogens is 1. The Balaban J connectivity index is 1.99. The highest BCUT2D eigenvalue weighted by Crippen LogP contribution is 2.20. The fourth-order valence-corrected chi connectivity index (χ4v) is 2.12. The quantitative estimate of drug-likeness (QED) is 0.769. The third-order valence-corrected chi connectivity index (χ3v) is 3.09. The van der Waals surface area contributed by atoms with E-state index in [4.69, 9.17) is 0 Å². The van der Waals surface area contributed by atoms with Crippen LogP contribution in [-0.4, -0.2) is 15.2 Å². The highest BCUT2D eigenvalue weighted by atomic mass is 15.1. The summed E-state index contributed by atoms with van der Waals surface area (Å²) in [5, 5.41) is 8.53. The van der Waals surface area contributed by atoms with E-state index >= 15 is 0 Å². The molecule has 0 aliphatic carbocycles. The van der Waals surface area contributed by atoms with E-state index < -0.39 is 0 Å². The number of benzene rings is 1. The standard InChI is InChI=1S/C17H15N3/c1-2-4-13-6-8-16-15(11-13)17(20-19-16)9-7-14-5-3-10-18-12-14/h2-12H,1H3,(H,19,20)/b4-2+,9-7+. The van der Waals surface area contributed by atoms with E-state index in [-0.39, 0.29) is 0 Å². The molecule has 98 valence electrons. The van der Waals surface area contributed by atoms with Crippen molar-refractivity contribution in [2.24, 2.45) is 0 Å². The highest BCUT2D eigenvalue weighted by molar-refractivity contribution is 5.90. The highest BCUT2D eigenvalue weighted by Gasteiger charge is 2.02. The summed E-state index contributed by atoms with van der Waals surface area (Å²) in [6.07, 6.45) is 11.7. The number of rotatable bonds is 3. The maximum absolute atomic E-state index is 4.36. The summed E-state index contributed by atoms with van der Waals surface area (Å²) >= 11 is 0. The first-order valence-electron chi connectivity index (χ1n) is 6.56. The molecule has 0 radical (unpaired) electrons. The van der Waals surface area contributed by atoms with E-state index in [0.717, 1.165) is 22.2 Å². The molecule has 0 saturated heterocycles. The number of pyridine rings is 1. The van der Waals surface area contributed by atoms with Crippen LogP contribution in [0.4, 0.5) is 0 Å². The average Bonchev–Trinajstić information content (AvgIpc) is 2.89.